The monoisotopic (exact) mass is 446 g/mol. The highest BCUT2D eigenvalue weighted by atomic mass is 32.2. The molecule has 170 valence electrons. The third kappa shape index (κ3) is 5.77. The fraction of sp³-hybridized carbons (Fsp3) is 0.478. The van der Waals surface area contributed by atoms with Crippen molar-refractivity contribution in [2.24, 2.45) is 0 Å². The molecule has 1 aliphatic rings. The molecule has 2 aromatic rings. The first-order valence-corrected chi connectivity index (χ1v) is 12.0. The minimum absolute atomic E-state index is 0.0458. The smallest absolute Gasteiger partial charge is 0.244 e. The number of sulfonamides is 1. The molecule has 0 amide bonds. The fourth-order valence-corrected chi connectivity index (χ4v) is 5.14. The van der Waals surface area contributed by atoms with Crippen molar-refractivity contribution < 1.29 is 13.2 Å². The van der Waals surface area contributed by atoms with E-state index in [2.05, 4.69) is 50.7 Å². The Morgan fingerprint density at radius 1 is 1.06 bits per heavy atom. The molecule has 1 N–H and O–H groups in total. The number of hydrogen-bond donors (Lipinski definition) is 1. The zero-order chi connectivity index (χ0) is 22.6. The SMILES string of the molecule is COc1ccc(C)cc1S(=O)(=O)NC[C@H](c1ccc(N(C)C)cc1)N1CCN(C)CC1. The molecule has 3 rings (SSSR count). The van der Waals surface area contributed by atoms with E-state index in [-0.39, 0.29) is 10.9 Å². The molecule has 0 bridgehead atoms. The number of methoxy groups -OCH3 is 1. The first kappa shape index (κ1) is 23.5. The van der Waals surface area contributed by atoms with Crippen molar-refractivity contribution in [2.75, 3.05) is 65.9 Å². The van der Waals surface area contributed by atoms with Crippen LogP contribution in [0.3, 0.4) is 0 Å². The Morgan fingerprint density at radius 2 is 1.71 bits per heavy atom. The Kier molecular flexibility index (Phi) is 7.59. The predicted molar refractivity (Wildman–Crippen MR) is 125 cm³/mol. The Hall–Kier alpha value is -2.13. The lowest BCUT2D eigenvalue weighted by Crippen LogP contribution is -2.48. The van der Waals surface area contributed by atoms with Crippen molar-refractivity contribution in [3.05, 3.63) is 53.6 Å². The second-order valence-corrected chi connectivity index (χ2v) is 10.1. The van der Waals surface area contributed by atoms with Gasteiger partial charge in [-0.25, -0.2) is 13.1 Å². The molecule has 31 heavy (non-hydrogen) atoms. The number of piperazine rings is 1. The van der Waals surface area contributed by atoms with E-state index in [0.717, 1.165) is 43.0 Å². The summed E-state index contributed by atoms with van der Waals surface area (Å²) in [6, 6.07) is 13.5. The van der Waals surface area contributed by atoms with Crippen molar-refractivity contribution >= 4 is 15.7 Å². The number of aryl methyl sites for hydroxylation is 1. The number of nitrogens with zero attached hydrogens (tertiary/aromatic N) is 3. The van der Waals surface area contributed by atoms with Gasteiger partial charge in [-0.2, -0.15) is 0 Å². The van der Waals surface area contributed by atoms with E-state index < -0.39 is 10.0 Å². The molecule has 0 saturated carbocycles. The standard InChI is InChI=1S/C23H34N4O3S/c1-18-6-11-22(30-5)23(16-18)31(28,29)24-17-21(27-14-12-26(4)13-15-27)19-7-9-20(10-8-19)25(2)3/h6-11,16,21,24H,12-15,17H2,1-5H3/t21-/m1/s1. The third-order valence-electron chi connectivity index (χ3n) is 5.85. The summed E-state index contributed by atoms with van der Waals surface area (Å²) in [6.45, 7) is 5.88. The molecule has 0 unspecified atom stereocenters. The van der Waals surface area contributed by atoms with Gasteiger partial charge in [-0.05, 0) is 49.4 Å². The number of hydrogen-bond acceptors (Lipinski definition) is 6. The summed E-state index contributed by atoms with van der Waals surface area (Å²) < 4.78 is 34.5. The molecule has 8 heteroatoms. The van der Waals surface area contributed by atoms with Gasteiger partial charge in [0, 0.05) is 58.5 Å². The van der Waals surface area contributed by atoms with Crippen molar-refractivity contribution in [2.45, 2.75) is 17.9 Å². The molecule has 0 radical (unpaired) electrons. The Balaban J connectivity index is 1.85. The van der Waals surface area contributed by atoms with Gasteiger partial charge in [-0.3, -0.25) is 4.90 Å². The molecule has 0 aliphatic carbocycles. The zero-order valence-electron chi connectivity index (χ0n) is 19.1. The summed E-state index contributed by atoms with van der Waals surface area (Å²) in [4.78, 5) is 6.89. The normalized spacial score (nSPS) is 16.8. The summed E-state index contributed by atoms with van der Waals surface area (Å²) in [5, 5.41) is 0. The number of rotatable bonds is 8. The maximum Gasteiger partial charge on any atom is 0.244 e. The first-order valence-electron chi connectivity index (χ1n) is 10.6. The van der Waals surface area contributed by atoms with Gasteiger partial charge in [0.15, 0.2) is 0 Å². The van der Waals surface area contributed by atoms with E-state index in [4.69, 9.17) is 4.74 Å². The van der Waals surface area contributed by atoms with E-state index in [9.17, 15) is 8.42 Å². The summed E-state index contributed by atoms with van der Waals surface area (Å²) in [5.41, 5.74) is 3.09. The van der Waals surface area contributed by atoms with Crippen LogP contribution in [-0.4, -0.2) is 79.2 Å². The van der Waals surface area contributed by atoms with Crippen molar-refractivity contribution in [1.82, 2.24) is 14.5 Å². The van der Waals surface area contributed by atoms with Crippen LogP contribution in [0.25, 0.3) is 0 Å². The molecule has 1 saturated heterocycles. The molecule has 0 aromatic heterocycles. The van der Waals surface area contributed by atoms with Crippen LogP contribution in [0.2, 0.25) is 0 Å². The van der Waals surface area contributed by atoms with Crippen LogP contribution in [0, 0.1) is 6.92 Å². The minimum atomic E-state index is -3.72. The summed E-state index contributed by atoms with van der Waals surface area (Å²) in [7, 11) is 3.91. The molecule has 1 fully saturated rings. The molecular formula is C23H34N4O3S. The molecule has 1 heterocycles. The summed E-state index contributed by atoms with van der Waals surface area (Å²) in [5.74, 6) is 0.351. The average Bonchev–Trinajstić information content (AvgIpc) is 2.75. The topological polar surface area (TPSA) is 65.1 Å². The molecule has 0 spiro atoms. The second-order valence-electron chi connectivity index (χ2n) is 8.35. The van der Waals surface area contributed by atoms with Crippen LogP contribution < -0.4 is 14.4 Å². The maximum atomic E-state index is 13.2. The highest BCUT2D eigenvalue weighted by molar-refractivity contribution is 7.89. The number of nitrogens with one attached hydrogen (secondary N) is 1. The third-order valence-corrected chi connectivity index (χ3v) is 7.29. The quantitative estimate of drug-likeness (QED) is 0.672. The highest BCUT2D eigenvalue weighted by Crippen LogP contribution is 2.27. The lowest BCUT2D eigenvalue weighted by Gasteiger charge is -2.38. The predicted octanol–water partition coefficient (Wildman–Crippen LogP) is 2.34. The van der Waals surface area contributed by atoms with Gasteiger partial charge in [0.2, 0.25) is 10.0 Å². The Labute approximate surface area is 186 Å². The van der Waals surface area contributed by atoms with Gasteiger partial charge < -0.3 is 14.5 Å². The first-order chi connectivity index (χ1) is 14.7. The van der Waals surface area contributed by atoms with Crippen LogP contribution in [0.1, 0.15) is 17.2 Å². The average molecular weight is 447 g/mol. The highest BCUT2D eigenvalue weighted by Gasteiger charge is 2.27. The molecule has 1 atom stereocenters. The fourth-order valence-electron chi connectivity index (χ4n) is 3.85. The lowest BCUT2D eigenvalue weighted by molar-refractivity contribution is 0.113. The van der Waals surface area contributed by atoms with E-state index >= 15 is 0 Å². The largest absolute Gasteiger partial charge is 0.495 e. The van der Waals surface area contributed by atoms with E-state index in [1.807, 2.05) is 27.1 Å². The number of anilines is 1. The number of benzene rings is 2. The van der Waals surface area contributed by atoms with Crippen molar-refractivity contribution in [3.63, 3.8) is 0 Å². The summed E-state index contributed by atoms with van der Waals surface area (Å²) >= 11 is 0. The molecular weight excluding hydrogens is 412 g/mol. The van der Waals surface area contributed by atoms with E-state index in [1.54, 1.807) is 12.1 Å². The van der Waals surface area contributed by atoms with Gasteiger partial charge >= 0.3 is 0 Å². The Morgan fingerprint density at radius 3 is 2.29 bits per heavy atom. The van der Waals surface area contributed by atoms with E-state index in [1.165, 1.54) is 7.11 Å². The summed E-state index contributed by atoms with van der Waals surface area (Å²) in [6.07, 6.45) is 0. The van der Waals surface area contributed by atoms with Gasteiger partial charge in [-0.15, -0.1) is 0 Å². The zero-order valence-corrected chi connectivity index (χ0v) is 19.9. The molecule has 1 aliphatic heterocycles. The van der Waals surface area contributed by atoms with Crippen LogP contribution >= 0.6 is 0 Å². The lowest BCUT2D eigenvalue weighted by atomic mass is 10.0. The number of ether oxygens (including phenoxy) is 1. The van der Waals surface area contributed by atoms with Crippen molar-refractivity contribution in [3.8, 4) is 5.75 Å². The van der Waals surface area contributed by atoms with Gasteiger partial charge in [0.1, 0.15) is 10.6 Å². The van der Waals surface area contributed by atoms with Gasteiger partial charge in [0.05, 0.1) is 7.11 Å². The Bertz CT molecular complexity index is 969. The van der Waals surface area contributed by atoms with Crippen LogP contribution in [0.4, 0.5) is 5.69 Å². The second kappa shape index (κ2) is 9.99. The number of likely N-dealkylation sites (N-methyl/N-ethyl adjacent to an activating group) is 1. The van der Waals surface area contributed by atoms with Crippen LogP contribution in [0.5, 0.6) is 5.75 Å². The van der Waals surface area contributed by atoms with Gasteiger partial charge in [-0.1, -0.05) is 18.2 Å². The van der Waals surface area contributed by atoms with Crippen LogP contribution in [-0.2, 0) is 10.0 Å². The van der Waals surface area contributed by atoms with Crippen LogP contribution in [0.15, 0.2) is 47.4 Å². The van der Waals surface area contributed by atoms with Gasteiger partial charge in [0.25, 0.3) is 0 Å². The molecule has 2 aromatic carbocycles. The molecule has 7 nitrogen and oxygen atoms in total. The minimum Gasteiger partial charge on any atom is -0.495 e. The van der Waals surface area contributed by atoms with Crippen molar-refractivity contribution in [1.29, 1.82) is 0 Å². The van der Waals surface area contributed by atoms with E-state index in [0.29, 0.717) is 12.3 Å². The maximum absolute atomic E-state index is 13.2.